The molecule has 0 saturated carbocycles. The summed E-state index contributed by atoms with van der Waals surface area (Å²) in [6.45, 7) is 5.55. The van der Waals surface area contributed by atoms with Crippen LogP contribution in [0, 0.1) is 5.41 Å². The van der Waals surface area contributed by atoms with Crippen molar-refractivity contribution in [3.05, 3.63) is 222 Å². The predicted octanol–water partition coefficient (Wildman–Crippen LogP) is -3.37. The zero-order valence-electron chi connectivity index (χ0n) is 47.8. The fourth-order valence-electron chi connectivity index (χ4n) is 6.77. The van der Waals surface area contributed by atoms with Crippen LogP contribution in [0.4, 0.5) is 0 Å². The van der Waals surface area contributed by atoms with Crippen LogP contribution in [-0.2, 0) is 85.1 Å². The Morgan fingerprint density at radius 1 is 0.441 bits per heavy atom. The van der Waals surface area contributed by atoms with Crippen molar-refractivity contribution in [2.24, 2.45) is 5.41 Å². The van der Waals surface area contributed by atoms with Crippen LogP contribution >= 0.6 is 63.7 Å². The van der Waals surface area contributed by atoms with Gasteiger partial charge in [-0.1, -0.05) is 281 Å². The Labute approximate surface area is 665 Å². The van der Waals surface area contributed by atoms with Crippen molar-refractivity contribution in [2.45, 2.75) is 71.4 Å². The quantitative estimate of drug-likeness (QED) is 0.0351. The van der Waals surface area contributed by atoms with Crippen LogP contribution in [0.5, 0.6) is 0 Å². The van der Waals surface area contributed by atoms with Crippen molar-refractivity contribution in [1.82, 2.24) is 0 Å². The molecule has 0 saturated heterocycles. The van der Waals surface area contributed by atoms with E-state index in [-0.39, 0.29) is 149 Å². The van der Waals surface area contributed by atoms with Crippen LogP contribution in [-0.4, -0.2) is 83.4 Å². The standard InChI is InChI=1S/C33H32O4.C9H11O.C8H8.CBr4.CH4.2K.H2O8S2.5O3S/c34-29(25-13-5-1-6-14-25)21-33(22-30(35)26-15-7-2-8-16-26,23-31(36)27-17-9-3-10-18-27)24-32(37)28-19-11-4-12-20-28;1-8(7-10)9-5-3-2-4-6-9;1-2-8-6-4-3-5-7-8;2-1(3,4)5;;;;1-6-8-10(5,7-2)9(3)4;5*1-4(2)3/h1-20,29-32H,21-24H2;2-6,8H,7H2,1H3;2-7H,1H2;;1H4;;;1-2H;;;;;/q-4;-1;;;;2*+1;;;;;;/p-2. The van der Waals surface area contributed by atoms with Crippen molar-refractivity contribution in [3.8, 4) is 0 Å². The number of rotatable bonds is 18. The van der Waals surface area contributed by atoms with Crippen LogP contribution in [0.15, 0.2) is 189 Å². The molecular formula is C52H55Br4K2O28S7-5. The monoisotopic (exact) mass is 1740 g/mol. The summed E-state index contributed by atoms with van der Waals surface area (Å²) in [7, 11) is -23.7. The Hall–Kier alpha value is -2.08. The summed E-state index contributed by atoms with van der Waals surface area (Å²) in [5.74, 6) is 0.154. The fourth-order valence-corrected chi connectivity index (χ4v) is 7.29. The van der Waals surface area contributed by atoms with E-state index in [0.717, 1.165) is 5.56 Å². The molecule has 28 nitrogen and oxygen atoms in total. The zero-order chi connectivity index (χ0) is 69.9. The maximum atomic E-state index is 13.6. The van der Waals surface area contributed by atoms with Gasteiger partial charge in [-0.2, -0.15) is 12.6 Å². The summed E-state index contributed by atoms with van der Waals surface area (Å²) in [4.78, 5) is 0. The van der Waals surface area contributed by atoms with Crippen molar-refractivity contribution in [2.75, 3.05) is 6.61 Å². The van der Waals surface area contributed by atoms with Crippen molar-refractivity contribution in [1.29, 1.82) is 0 Å². The molecular weight excluding hydrogens is 1690 g/mol. The van der Waals surface area contributed by atoms with Gasteiger partial charge in [0.25, 0.3) is 0 Å². The van der Waals surface area contributed by atoms with Crippen LogP contribution < -0.4 is 139 Å². The number of hydrogen-bond acceptors (Lipinski definition) is 28. The first-order chi connectivity index (χ1) is 42.0. The van der Waals surface area contributed by atoms with Gasteiger partial charge in [0.15, 0.2) is 1.05 Å². The molecule has 0 bridgehead atoms. The minimum absolute atomic E-state index is 0. The Morgan fingerprint density at radius 2 is 0.634 bits per heavy atom. The topological polar surface area (TPSA) is 496 Å². The largest absolute Gasteiger partial charge is 1.00 e. The van der Waals surface area contributed by atoms with Crippen molar-refractivity contribution >= 4 is 141 Å². The van der Waals surface area contributed by atoms with Crippen LogP contribution in [0.25, 0.3) is 6.08 Å². The molecule has 0 amide bonds. The van der Waals surface area contributed by atoms with E-state index in [2.05, 4.69) is 84.0 Å². The van der Waals surface area contributed by atoms with E-state index in [1.54, 1.807) is 48.5 Å². The van der Waals surface area contributed by atoms with Gasteiger partial charge >= 0.3 is 174 Å². The van der Waals surface area contributed by atoms with Gasteiger partial charge in [-0.25, -0.2) is 0 Å². The van der Waals surface area contributed by atoms with E-state index in [1.165, 1.54) is 5.56 Å². The summed E-state index contributed by atoms with van der Waals surface area (Å²) in [6.07, 6.45) is -2.63. The average Bonchev–Trinajstić information content (AvgIpc) is 0.823. The molecule has 508 valence electrons. The number of benzene rings is 6. The molecule has 0 fully saturated rings. The fraction of sp³-hybridized carbons (Fsp3) is 0.269. The van der Waals surface area contributed by atoms with Gasteiger partial charge in [0.2, 0.25) is 0 Å². The summed E-state index contributed by atoms with van der Waals surface area (Å²) < 4.78 is 161. The molecule has 0 heterocycles. The molecule has 41 heteroatoms. The van der Waals surface area contributed by atoms with Crippen LogP contribution in [0.3, 0.4) is 0 Å². The normalized spacial score (nSPS) is 12.3. The van der Waals surface area contributed by atoms with Gasteiger partial charge < -0.3 is 40.4 Å². The smallest absolute Gasteiger partial charge is 0.854 e. The Morgan fingerprint density at radius 3 is 0.774 bits per heavy atom. The first-order valence-electron chi connectivity index (χ1n) is 23.6. The molecule has 6 atom stereocenters. The maximum absolute atomic E-state index is 13.6. The first kappa shape index (κ1) is 104. The van der Waals surface area contributed by atoms with Gasteiger partial charge in [-0.3, -0.25) is 5.04 Å². The molecule has 0 N–H and O–H groups in total. The molecule has 0 aromatic heterocycles. The molecule has 0 radical (unpaired) electrons. The molecule has 6 unspecified atom stereocenters. The van der Waals surface area contributed by atoms with Crippen molar-refractivity contribution in [3.63, 3.8) is 0 Å². The second kappa shape index (κ2) is 63.4. The third-order valence-corrected chi connectivity index (χ3v) is 12.2. The summed E-state index contributed by atoms with van der Waals surface area (Å²) >= 11 is 12.5. The number of hydrogen-bond donors (Lipinski definition) is 0. The molecule has 93 heavy (non-hydrogen) atoms. The molecule has 0 aliphatic rings. The van der Waals surface area contributed by atoms with E-state index in [4.69, 9.17) is 68.4 Å². The molecule has 0 spiro atoms. The Balaban J connectivity index is -0.000000215. The average molecular weight is 1750 g/mol. The van der Waals surface area contributed by atoms with Gasteiger partial charge in [0.05, 0.1) is 0 Å². The van der Waals surface area contributed by atoms with Gasteiger partial charge in [-0.15, -0.1) is 74.1 Å². The zero-order valence-corrected chi connectivity index (χ0v) is 66.1. The van der Waals surface area contributed by atoms with Crippen molar-refractivity contribution < 1.29 is 228 Å². The van der Waals surface area contributed by atoms with Gasteiger partial charge in [0, 0.05) is 0 Å². The second-order valence-electron chi connectivity index (χ2n) is 16.3. The van der Waals surface area contributed by atoms with Gasteiger partial charge in [0.1, 0.15) is 0 Å². The third kappa shape index (κ3) is 65.6. The number of halogens is 4. The maximum Gasteiger partial charge on any atom is 1.00 e. The van der Waals surface area contributed by atoms with E-state index < -0.39 is 101 Å². The summed E-state index contributed by atoms with van der Waals surface area (Å²) in [6, 6.07) is 55.9. The molecule has 0 aliphatic heterocycles. The number of alkyl halides is 4. The molecule has 0 aliphatic carbocycles. The molecule has 6 aromatic carbocycles. The van der Waals surface area contributed by atoms with E-state index in [1.807, 2.05) is 146 Å². The SMILES string of the molecule is BrC(Br)(Br)Br.C.C=Cc1ccccc1.CC(C[O-])c1ccccc1.O=S(=O)=O.O=S(=O)=O.O=S(=O)=O.O=S(=O)=O.O=S(=O)=O.O=S(=O)=S(=O)(O[O-])OO[O-].[K+].[K+].[O-]C(CC(CC([O-])c1ccccc1)(CC([O-])c1ccccc1)CC([O-])c1ccccc1)c1ccccc1. The summed E-state index contributed by atoms with van der Waals surface area (Å²) in [5, 5.41) is 85.5. The van der Waals surface area contributed by atoms with Gasteiger partial charge in [-0.05, 0) is 86.2 Å². The Kier molecular flexibility index (Phi) is 71.1. The van der Waals surface area contributed by atoms with E-state index >= 15 is 0 Å². The van der Waals surface area contributed by atoms with E-state index in [0.29, 0.717) is 22.3 Å². The van der Waals surface area contributed by atoms with Crippen LogP contribution in [0.2, 0.25) is 0 Å². The first-order valence-corrected chi connectivity index (χ1v) is 34.8. The minimum atomic E-state index is -4.67. The van der Waals surface area contributed by atoms with Crippen LogP contribution in [0.1, 0.15) is 104 Å². The summed E-state index contributed by atoms with van der Waals surface area (Å²) in [5.41, 5.74) is 3.65. The third-order valence-electron chi connectivity index (χ3n) is 10.2. The van der Waals surface area contributed by atoms with E-state index in [9.17, 15) is 43.4 Å². The second-order valence-corrected chi connectivity index (χ2v) is 33.0. The Bertz CT molecular complexity index is 3370. The minimum Gasteiger partial charge on any atom is -0.854 e. The molecule has 6 aromatic rings. The predicted molar refractivity (Wildman–Crippen MR) is 328 cm³/mol. The molecule has 6 rings (SSSR count).